The molecule has 19 heavy (non-hydrogen) atoms. The van der Waals surface area contributed by atoms with Gasteiger partial charge in [-0.25, -0.2) is 0 Å². The predicted octanol–water partition coefficient (Wildman–Crippen LogP) is 2.52. The summed E-state index contributed by atoms with van der Waals surface area (Å²) in [7, 11) is 1.76. The van der Waals surface area contributed by atoms with Gasteiger partial charge in [0.2, 0.25) is 0 Å². The van der Waals surface area contributed by atoms with Gasteiger partial charge in [0.05, 0.1) is 6.61 Å². The molecule has 0 amide bonds. The molecule has 0 aliphatic carbocycles. The minimum absolute atomic E-state index is 0.482. The first kappa shape index (κ1) is 14.6. The quantitative estimate of drug-likeness (QED) is 0.667. The highest BCUT2D eigenvalue weighted by Gasteiger charge is 2.25. The van der Waals surface area contributed by atoms with Gasteiger partial charge in [0.15, 0.2) is 0 Å². The highest BCUT2D eigenvalue weighted by molar-refractivity contribution is 7.98. The Morgan fingerprint density at radius 2 is 2.37 bits per heavy atom. The lowest BCUT2D eigenvalue weighted by Crippen LogP contribution is -2.25. The summed E-state index contributed by atoms with van der Waals surface area (Å²) in [6.07, 6.45) is 3.21. The monoisotopic (exact) mass is 296 g/mol. The van der Waals surface area contributed by atoms with E-state index in [1.807, 2.05) is 0 Å². The van der Waals surface area contributed by atoms with Gasteiger partial charge in [-0.1, -0.05) is 18.3 Å². The van der Waals surface area contributed by atoms with Gasteiger partial charge < -0.3 is 15.4 Å². The summed E-state index contributed by atoms with van der Waals surface area (Å²) in [5, 5.41) is 0. The van der Waals surface area contributed by atoms with Gasteiger partial charge in [-0.2, -0.15) is 0 Å². The first-order valence-corrected chi connectivity index (χ1v) is 8.01. The van der Waals surface area contributed by atoms with Crippen LogP contribution in [0.25, 0.3) is 0 Å². The second-order valence-corrected chi connectivity index (χ2v) is 6.06. The second-order valence-electron chi connectivity index (χ2n) is 4.77. The minimum atomic E-state index is 0.482. The van der Waals surface area contributed by atoms with Crippen molar-refractivity contribution < 1.29 is 4.74 Å². The van der Waals surface area contributed by atoms with E-state index < -0.39 is 0 Å². The predicted molar refractivity (Wildman–Crippen MR) is 86.3 cm³/mol. The van der Waals surface area contributed by atoms with Gasteiger partial charge in [-0.3, -0.25) is 0 Å². The number of hydrogen-bond donors (Lipinski definition) is 1. The molecule has 5 heteroatoms. The molecule has 1 aliphatic heterocycles. The molecule has 104 valence electrons. The number of methoxy groups -OCH3 is 1. The number of benzene rings is 1. The molecule has 1 aliphatic rings. The Bertz CT molecular complexity index is 465. The van der Waals surface area contributed by atoms with Crippen LogP contribution in [0.3, 0.4) is 0 Å². The number of nitrogens with zero attached hydrogens (tertiary/aromatic N) is 1. The van der Waals surface area contributed by atoms with Crippen LogP contribution >= 0.6 is 24.0 Å². The molecule has 0 aromatic heterocycles. The molecular formula is C14H20N2OS2. The van der Waals surface area contributed by atoms with Crippen molar-refractivity contribution in [2.45, 2.75) is 11.3 Å². The first-order chi connectivity index (χ1) is 9.17. The van der Waals surface area contributed by atoms with Gasteiger partial charge in [0, 0.05) is 42.3 Å². The number of ether oxygens (including phenoxy) is 1. The van der Waals surface area contributed by atoms with Crippen LogP contribution in [0, 0.1) is 5.92 Å². The lowest BCUT2D eigenvalue weighted by atomic mass is 10.1. The molecule has 0 radical (unpaired) electrons. The maximum absolute atomic E-state index is 5.92. The molecule has 0 bridgehead atoms. The molecule has 2 N–H and O–H groups in total. The number of thioether (sulfide) groups is 1. The molecule has 1 atom stereocenters. The van der Waals surface area contributed by atoms with E-state index >= 15 is 0 Å². The molecular weight excluding hydrogens is 276 g/mol. The minimum Gasteiger partial charge on any atom is -0.389 e. The Hall–Kier alpha value is -0.780. The fraction of sp³-hybridized carbons (Fsp3) is 0.500. The van der Waals surface area contributed by atoms with Crippen molar-refractivity contribution in [2.24, 2.45) is 11.7 Å². The van der Waals surface area contributed by atoms with Crippen LogP contribution in [0.1, 0.15) is 12.0 Å². The summed E-state index contributed by atoms with van der Waals surface area (Å²) in [6.45, 7) is 2.88. The van der Waals surface area contributed by atoms with Crippen molar-refractivity contribution in [2.75, 3.05) is 38.0 Å². The average Bonchev–Trinajstić information content (AvgIpc) is 2.86. The maximum Gasteiger partial charge on any atom is 0.107 e. The number of hydrogen-bond acceptors (Lipinski definition) is 4. The highest BCUT2D eigenvalue weighted by atomic mass is 32.2. The van der Waals surface area contributed by atoms with E-state index in [0.717, 1.165) is 42.3 Å². The van der Waals surface area contributed by atoms with E-state index in [4.69, 9.17) is 22.7 Å². The number of thiocarbonyl (C=S) groups is 1. The Morgan fingerprint density at radius 1 is 1.58 bits per heavy atom. The highest BCUT2D eigenvalue weighted by Crippen LogP contribution is 2.32. The molecule has 1 aromatic rings. The van der Waals surface area contributed by atoms with Gasteiger partial charge in [0.1, 0.15) is 4.99 Å². The van der Waals surface area contributed by atoms with E-state index in [0.29, 0.717) is 10.9 Å². The molecule has 1 fully saturated rings. The molecule has 2 rings (SSSR count). The molecule has 1 unspecified atom stereocenters. The summed E-state index contributed by atoms with van der Waals surface area (Å²) < 4.78 is 5.25. The molecule has 1 saturated heterocycles. The first-order valence-electron chi connectivity index (χ1n) is 6.38. The maximum atomic E-state index is 5.92. The topological polar surface area (TPSA) is 38.5 Å². The number of nitrogens with two attached hydrogens (primary N) is 1. The molecule has 1 heterocycles. The largest absolute Gasteiger partial charge is 0.389 e. The summed E-state index contributed by atoms with van der Waals surface area (Å²) in [5.74, 6) is 0.599. The molecule has 0 saturated carbocycles. The second kappa shape index (κ2) is 6.59. The zero-order valence-electron chi connectivity index (χ0n) is 11.4. The summed E-state index contributed by atoms with van der Waals surface area (Å²) in [6, 6.07) is 6.27. The lowest BCUT2D eigenvalue weighted by Gasteiger charge is -2.23. The van der Waals surface area contributed by atoms with E-state index in [1.54, 1.807) is 18.9 Å². The summed E-state index contributed by atoms with van der Waals surface area (Å²) in [5.41, 5.74) is 8.10. The fourth-order valence-electron chi connectivity index (χ4n) is 2.62. The van der Waals surface area contributed by atoms with Crippen molar-refractivity contribution in [3.8, 4) is 0 Å². The average molecular weight is 296 g/mol. The summed E-state index contributed by atoms with van der Waals surface area (Å²) >= 11 is 6.92. The van der Waals surface area contributed by atoms with Crippen LogP contribution in [0.5, 0.6) is 0 Å². The van der Waals surface area contributed by atoms with E-state index in [9.17, 15) is 0 Å². The van der Waals surface area contributed by atoms with Gasteiger partial charge in [-0.15, -0.1) is 11.8 Å². The zero-order valence-corrected chi connectivity index (χ0v) is 13.0. The zero-order chi connectivity index (χ0) is 13.8. The Kier molecular flexibility index (Phi) is 5.07. The normalized spacial score (nSPS) is 18.8. The molecule has 0 spiro atoms. The Morgan fingerprint density at radius 3 is 3.00 bits per heavy atom. The van der Waals surface area contributed by atoms with E-state index in [-0.39, 0.29) is 0 Å². The van der Waals surface area contributed by atoms with Crippen LogP contribution in [0.2, 0.25) is 0 Å². The van der Waals surface area contributed by atoms with E-state index in [1.165, 1.54) is 0 Å². The smallest absolute Gasteiger partial charge is 0.107 e. The van der Waals surface area contributed by atoms with Crippen LogP contribution in [-0.4, -0.2) is 38.1 Å². The van der Waals surface area contributed by atoms with E-state index in [2.05, 4.69) is 29.4 Å². The van der Waals surface area contributed by atoms with Crippen molar-refractivity contribution in [1.82, 2.24) is 0 Å². The van der Waals surface area contributed by atoms with Crippen LogP contribution in [0.4, 0.5) is 5.69 Å². The van der Waals surface area contributed by atoms with Gasteiger partial charge in [0.25, 0.3) is 0 Å². The van der Waals surface area contributed by atoms with Crippen molar-refractivity contribution in [1.29, 1.82) is 0 Å². The van der Waals surface area contributed by atoms with Gasteiger partial charge in [-0.05, 0) is 24.8 Å². The van der Waals surface area contributed by atoms with Crippen molar-refractivity contribution in [3.05, 3.63) is 23.8 Å². The Balaban J connectivity index is 2.28. The Labute approximate surface area is 124 Å². The number of anilines is 1. The fourth-order valence-corrected chi connectivity index (χ4v) is 3.54. The van der Waals surface area contributed by atoms with Crippen molar-refractivity contribution >= 4 is 34.7 Å². The van der Waals surface area contributed by atoms with Crippen LogP contribution in [-0.2, 0) is 4.74 Å². The van der Waals surface area contributed by atoms with Crippen molar-refractivity contribution in [3.63, 3.8) is 0 Å². The van der Waals surface area contributed by atoms with Gasteiger partial charge >= 0.3 is 0 Å². The number of rotatable bonds is 5. The van der Waals surface area contributed by atoms with Crippen LogP contribution in [0.15, 0.2) is 23.1 Å². The third kappa shape index (κ3) is 3.22. The third-order valence-corrected chi connectivity index (χ3v) is 4.48. The third-order valence-electron chi connectivity index (χ3n) is 3.50. The standard InChI is InChI=1S/C14H20N2OS2/c1-17-9-10-6-7-16(8-10)11-4-3-5-12(19-2)13(11)14(15)18/h3-5,10H,6-9H2,1-2H3,(H2,15,18). The SMILES string of the molecule is COCC1CCN(c2cccc(SC)c2C(N)=S)C1. The lowest BCUT2D eigenvalue weighted by molar-refractivity contribution is 0.161. The molecule has 3 nitrogen and oxygen atoms in total. The summed E-state index contributed by atoms with van der Waals surface area (Å²) in [4.78, 5) is 4.01. The molecule has 1 aromatic carbocycles. The van der Waals surface area contributed by atoms with Crippen LogP contribution < -0.4 is 10.6 Å².